The minimum absolute atomic E-state index is 0.310. The summed E-state index contributed by atoms with van der Waals surface area (Å²) in [5, 5.41) is 3.53. The molecule has 0 unspecified atom stereocenters. The molecule has 15 heavy (non-hydrogen) atoms. The van der Waals surface area contributed by atoms with E-state index >= 15 is 0 Å². The fourth-order valence-electron chi connectivity index (χ4n) is 1.10. The second-order valence-corrected chi connectivity index (χ2v) is 2.75. The molecule has 76 valence electrons. The van der Waals surface area contributed by atoms with E-state index in [1.807, 2.05) is 23.6 Å². The summed E-state index contributed by atoms with van der Waals surface area (Å²) < 4.78 is 5.30. The van der Waals surface area contributed by atoms with Crippen LogP contribution in [0.15, 0.2) is 33.8 Å². The van der Waals surface area contributed by atoms with Crippen molar-refractivity contribution in [1.82, 2.24) is 10.4 Å². The number of nitrogens with two attached hydrogens (primary N) is 1. The normalized spacial score (nSPS) is 10.9. The quantitative estimate of drug-likeness (QED) is 0.560. The molecule has 0 fully saturated rings. The molecule has 0 saturated heterocycles. The van der Waals surface area contributed by atoms with Crippen molar-refractivity contribution in [2.75, 3.05) is 0 Å². The Kier molecular flexibility index (Phi) is 2.32. The van der Waals surface area contributed by atoms with E-state index < -0.39 is 6.03 Å². The van der Waals surface area contributed by atoms with Gasteiger partial charge in [0.1, 0.15) is 11.7 Å². The molecule has 0 aliphatic rings. The van der Waals surface area contributed by atoms with Gasteiger partial charge in [0, 0.05) is 0 Å². The van der Waals surface area contributed by atoms with Gasteiger partial charge in [-0.05, 0) is 12.1 Å². The summed E-state index contributed by atoms with van der Waals surface area (Å²) in [6.45, 7) is 0. The Morgan fingerprint density at radius 2 is 2.33 bits per heavy atom. The van der Waals surface area contributed by atoms with Crippen molar-refractivity contribution >= 4 is 23.3 Å². The fraction of sp³-hybridized carbons (Fsp3) is 0. The van der Waals surface area contributed by atoms with Gasteiger partial charge in [-0.3, -0.25) is 0 Å². The van der Waals surface area contributed by atoms with Crippen molar-refractivity contribution in [2.24, 2.45) is 10.8 Å². The molecule has 2 aromatic rings. The molecule has 0 atom stereocenters. The van der Waals surface area contributed by atoms with Crippen molar-refractivity contribution in [3.8, 4) is 0 Å². The van der Waals surface area contributed by atoms with Crippen LogP contribution >= 0.6 is 0 Å². The lowest BCUT2D eigenvalue weighted by atomic mass is 10.3. The number of rotatable bonds is 2. The number of para-hydroxylation sites is 2. The van der Waals surface area contributed by atoms with Crippen LogP contribution < -0.4 is 11.2 Å². The van der Waals surface area contributed by atoms with E-state index in [0.717, 1.165) is 5.52 Å². The number of urea groups is 1. The zero-order valence-electron chi connectivity index (χ0n) is 7.68. The Labute approximate surface area is 84.8 Å². The molecule has 3 N–H and O–H groups in total. The van der Waals surface area contributed by atoms with E-state index in [2.05, 4.69) is 10.1 Å². The number of amides is 2. The zero-order valence-corrected chi connectivity index (χ0v) is 7.68. The van der Waals surface area contributed by atoms with Crippen LogP contribution in [0.3, 0.4) is 0 Å². The lowest BCUT2D eigenvalue weighted by Gasteiger charge is -1.87. The molecule has 2 rings (SSSR count). The summed E-state index contributed by atoms with van der Waals surface area (Å²) in [5.41, 5.74) is 8.26. The first-order valence-electron chi connectivity index (χ1n) is 4.20. The van der Waals surface area contributed by atoms with Crippen molar-refractivity contribution in [2.45, 2.75) is 0 Å². The third-order valence-corrected chi connectivity index (χ3v) is 1.66. The van der Waals surface area contributed by atoms with Crippen LogP contribution in [0.5, 0.6) is 0 Å². The highest BCUT2D eigenvalue weighted by Crippen LogP contribution is 2.12. The molecule has 1 aromatic heterocycles. The highest BCUT2D eigenvalue weighted by atomic mass is 16.3. The summed E-state index contributed by atoms with van der Waals surface area (Å²) in [7, 11) is 0. The molecule has 0 aliphatic carbocycles. The SMILES string of the molecule is NC(=O)NN=Cc1nc2ccccc2o1. The summed E-state index contributed by atoms with van der Waals surface area (Å²) in [5.74, 6) is 0.310. The van der Waals surface area contributed by atoms with Gasteiger partial charge < -0.3 is 10.2 Å². The third-order valence-electron chi connectivity index (χ3n) is 1.66. The number of hydrogen-bond acceptors (Lipinski definition) is 4. The lowest BCUT2D eigenvalue weighted by Crippen LogP contribution is -2.24. The number of carbonyl (C=O) groups excluding carboxylic acids is 1. The Hall–Kier alpha value is -2.37. The van der Waals surface area contributed by atoms with Crippen LogP contribution in [-0.2, 0) is 0 Å². The fourth-order valence-corrected chi connectivity index (χ4v) is 1.10. The molecule has 0 saturated carbocycles. The van der Waals surface area contributed by atoms with Gasteiger partial charge in [0.25, 0.3) is 0 Å². The topological polar surface area (TPSA) is 93.5 Å². The highest BCUT2D eigenvalue weighted by molar-refractivity contribution is 5.82. The maximum Gasteiger partial charge on any atom is 0.332 e. The summed E-state index contributed by atoms with van der Waals surface area (Å²) in [4.78, 5) is 14.4. The van der Waals surface area contributed by atoms with Crippen molar-refractivity contribution < 1.29 is 9.21 Å². The summed E-state index contributed by atoms with van der Waals surface area (Å²) in [6.07, 6.45) is 1.28. The predicted molar refractivity (Wildman–Crippen MR) is 54.3 cm³/mol. The maximum atomic E-state index is 10.3. The van der Waals surface area contributed by atoms with E-state index in [-0.39, 0.29) is 0 Å². The molecule has 0 bridgehead atoms. The molecule has 0 aliphatic heterocycles. The standard InChI is InChI=1S/C9H8N4O2/c10-9(14)13-11-5-8-12-6-3-1-2-4-7(6)15-8/h1-5H,(H3,10,13,14). The first-order chi connectivity index (χ1) is 7.25. The Balaban J connectivity index is 2.22. The van der Waals surface area contributed by atoms with Crippen molar-refractivity contribution in [3.05, 3.63) is 30.2 Å². The minimum atomic E-state index is -0.734. The second-order valence-electron chi connectivity index (χ2n) is 2.75. The van der Waals surface area contributed by atoms with Gasteiger partial charge in [-0.15, -0.1) is 0 Å². The molecular weight excluding hydrogens is 196 g/mol. The molecule has 0 radical (unpaired) electrons. The largest absolute Gasteiger partial charge is 0.435 e. The van der Waals surface area contributed by atoms with Crippen LogP contribution in [-0.4, -0.2) is 17.2 Å². The number of hydrazone groups is 1. The van der Waals surface area contributed by atoms with Gasteiger partial charge in [-0.25, -0.2) is 15.2 Å². The summed E-state index contributed by atoms with van der Waals surface area (Å²) >= 11 is 0. The van der Waals surface area contributed by atoms with Gasteiger partial charge in [0.05, 0.1) is 0 Å². The van der Waals surface area contributed by atoms with Crippen LogP contribution in [0.2, 0.25) is 0 Å². The second kappa shape index (κ2) is 3.79. The number of oxazole rings is 1. The van der Waals surface area contributed by atoms with E-state index in [0.29, 0.717) is 11.5 Å². The molecule has 2 amide bonds. The number of benzene rings is 1. The monoisotopic (exact) mass is 204 g/mol. The van der Waals surface area contributed by atoms with Crippen molar-refractivity contribution in [3.63, 3.8) is 0 Å². The molecule has 6 nitrogen and oxygen atoms in total. The number of primary amides is 1. The Bertz CT molecular complexity index is 485. The van der Waals surface area contributed by atoms with Gasteiger partial charge in [0.15, 0.2) is 5.58 Å². The number of hydrogen-bond donors (Lipinski definition) is 2. The van der Waals surface area contributed by atoms with Gasteiger partial charge >= 0.3 is 6.03 Å². The van der Waals surface area contributed by atoms with Gasteiger partial charge in [0.2, 0.25) is 5.89 Å². The van der Waals surface area contributed by atoms with Gasteiger partial charge in [-0.2, -0.15) is 5.10 Å². The lowest BCUT2D eigenvalue weighted by molar-refractivity contribution is 0.249. The van der Waals surface area contributed by atoms with Crippen LogP contribution in [0.25, 0.3) is 11.1 Å². The maximum absolute atomic E-state index is 10.3. The average Bonchev–Trinajstić information content (AvgIpc) is 2.59. The molecule has 1 heterocycles. The molecule has 1 aromatic carbocycles. The van der Waals surface area contributed by atoms with Gasteiger partial charge in [-0.1, -0.05) is 12.1 Å². The highest BCUT2D eigenvalue weighted by Gasteiger charge is 2.01. The first-order valence-corrected chi connectivity index (χ1v) is 4.20. The zero-order chi connectivity index (χ0) is 10.7. The van der Waals surface area contributed by atoms with Crippen molar-refractivity contribution in [1.29, 1.82) is 0 Å². The third kappa shape index (κ3) is 2.11. The van der Waals surface area contributed by atoms with E-state index in [1.54, 1.807) is 6.07 Å². The molecule has 0 spiro atoms. The first kappa shape index (κ1) is 9.20. The smallest absolute Gasteiger partial charge is 0.332 e. The number of fused-ring (bicyclic) bond motifs is 1. The average molecular weight is 204 g/mol. The van der Waals surface area contributed by atoms with E-state index in [1.165, 1.54) is 6.21 Å². The number of nitrogens with one attached hydrogen (secondary N) is 1. The van der Waals surface area contributed by atoms with Crippen LogP contribution in [0, 0.1) is 0 Å². The summed E-state index contributed by atoms with van der Waals surface area (Å²) in [6, 6.07) is 6.57. The minimum Gasteiger partial charge on any atom is -0.435 e. The van der Waals surface area contributed by atoms with E-state index in [9.17, 15) is 4.79 Å². The molecule has 6 heteroatoms. The number of nitrogens with zero attached hydrogens (tertiary/aromatic N) is 2. The van der Waals surface area contributed by atoms with Crippen LogP contribution in [0.1, 0.15) is 5.89 Å². The Morgan fingerprint density at radius 3 is 3.07 bits per heavy atom. The Morgan fingerprint density at radius 1 is 1.53 bits per heavy atom. The number of aromatic nitrogens is 1. The van der Waals surface area contributed by atoms with E-state index in [4.69, 9.17) is 10.2 Å². The predicted octanol–water partition coefficient (Wildman–Crippen LogP) is 0.830. The molecular formula is C9H8N4O2. The number of carbonyl (C=O) groups is 1. The van der Waals surface area contributed by atoms with Crippen LogP contribution in [0.4, 0.5) is 4.79 Å².